The van der Waals surface area contributed by atoms with Gasteiger partial charge < -0.3 is 5.32 Å². The molecule has 0 aliphatic rings. The van der Waals surface area contributed by atoms with Crippen molar-refractivity contribution in [3.05, 3.63) is 48.3 Å². The highest BCUT2D eigenvalue weighted by Crippen LogP contribution is 2.19. The van der Waals surface area contributed by atoms with Crippen LogP contribution in [0.2, 0.25) is 0 Å². The van der Waals surface area contributed by atoms with Gasteiger partial charge in [0.25, 0.3) is 10.0 Å². The molecule has 2 N–H and O–H groups in total. The molecular weight excluding hydrogens is 274 g/mol. The number of hydrogen-bond acceptors (Lipinski definition) is 4. The van der Waals surface area contributed by atoms with Crippen molar-refractivity contribution in [1.29, 1.82) is 0 Å². The first-order valence-electron chi connectivity index (χ1n) is 6.31. The first kappa shape index (κ1) is 14.3. The van der Waals surface area contributed by atoms with Gasteiger partial charge in [-0.1, -0.05) is 0 Å². The molecule has 6 heteroatoms. The number of aromatic nitrogens is 1. The summed E-state index contributed by atoms with van der Waals surface area (Å²) in [5.74, 6) is 0. The largest absolute Gasteiger partial charge is 0.385 e. The van der Waals surface area contributed by atoms with Crippen LogP contribution in [0.5, 0.6) is 0 Å². The molecule has 1 aromatic heterocycles. The van der Waals surface area contributed by atoms with Gasteiger partial charge in [0.2, 0.25) is 0 Å². The summed E-state index contributed by atoms with van der Waals surface area (Å²) >= 11 is 0. The number of anilines is 2. The number of nitrogens with one attached hydrogen (secondary N) is 2. The number of aryl methyl sites for hydroxylation is 1. The zero-order valence-corrected chi connectivity index (χ0v) is 12.2. The van der Waals surface area contributed by atoms with Crippen molar-refractivity contribution in [3.63, 3.8) is 0 Å². The number of hydrogen-bond donors (Lipinski definition) is 2. The summed E-state index contributed by atoms with van der Waals surface area (Å²) in [4.78, 5) is 4.28. The molecule has 0 radical (unpaired) electrons. The van der Waals surface area contributed by atoms with Crippen molar-refractivity contribution in [2.45, 2.75) is 18.7 Å². The molecule has 5 nitrogen and oxygen atoms in total. The van der Waals surface area contributed by atoms with Crippen LogP contribution in [0.4, 0.5) is 11.4 Å². The molecule has 106 valence electrons. The Morgan fingerprint density at radius 3 is 2.45 bits per heavy atom. The van der Waals surface area contributed by atoms with Crippen molar-refractivity contribution < 1.29 is 8.42 Å². The lowest BCUT2D eigenvalue weighted by atomic mass is 10.3. The summed E-state index contributed by atoms with van der Waals surface area (Å²) in [5.41, 5.74) is 2.02. The van der Waals surface area contributed by atoms with E-state index in [1.807, 2.05) is 6.92 Å². The molecule has 2 aromatic rings. The lowest BCUT2D eigenvalue weighted by Gasteiger charge is -2.10. The van der Waals surface area contributed by atoms with E-state index >= 15 is 0 Å². The molecule has 0 spiro atoms. The van der Waals surface area contributed by atoms with Crippen molar-refractivity contribution >= 4 is 21.4 Å². The van der Waals surface area contributed by atoms with Gasteiger partial charge in [0, 0.05) is 18.4 Å². The number of rotatable bonds is 5. The maximum atomic E-state index is 12.3. The molecule has 0 saturated heterocycles. The molecule has 1 aromatic carbocycles. The third-order valence-electron chi connectivity index (χ3n) is 2.80. The Balaban J connectivity index is 2.24. The summed E-state index contributed by atoms with van der Waals surface area (Å²) in [7, 11) is -3.59. The van der Waals surface area contributed by atoms with E-state index in [9.17, 15) is 8.42 Å². The van der Waals surface area contributed by atoms with Crippen LogP contribution in [-0.4, -0.2) is 19.9 Å². The smallest absolute Gasteiger partial charge is 0.261 e. The quantitative estimate of drug-likeness (QED) is 0.888. The van der Waals surface area contributed by atoms with Crippen LogP contribution in [0.15, 0.2) is 47.5 Å². The average molecular weight is 291 g/mol. The van der Waals surface area contributed by atoms with E-state index in [0.717, 1.165) is 12.2 Å². The van der Waals surface area contributed by atoms with E-state index in [-0.39, 0.29) is 4.90 Å². The van der Waals surface area contributed by atoms with E-state index in [0.29, 0.717) is 11.4 Å². The summed E-state index contributed by atoms with van der Waals surface area (Å²) in [6, 6.07) is 10.0. The molecule has 0 atom stereocenters. The molecule has 0 unspecified atom stereocenters. The molecule has 0 bridgehead atoms. The Bertz CT molecular complexity index is 682. The molecule has 0 aliphatic heterocycles. The van der Waals surface area contributed by atoms with Crippen LogP contribution in [0.1, 0.15) is 12.6 Å². The van der Waals surface area contributed by atoms with E-state index in [1.54, 1.807) is 49.5 Å². The Morgan fingerprint density at radius 1 is 1.15 bits per heavy atom. The first-order chi connectivity index (χ1) is 9.53. The second kappa shape index (κ2) is 5.92. The number of pyridine rings is 1. The van der Waals surface area contributed by atoms with Gasteiger partial charge in [-0.15, -0.1) is 0 Å². The highest BCUT2D eigenvalue weighted by Gasteiger charge is 2.15. The SMILES string of the molecule is CCNc1ccc(S(=O)(=O)Nc2cccnc2C)cc1. The maximum Gasteiger partial charge on any atom is 0.261 e. The highest BCUT2D eigenvalue weighted by atomic mass is 32.2. The topological polar surface area (TPSA) is 71.1 Å². The zero-order chi connectivity index (χ0) is 14.6. The Kier molecular flexibility index (Phi) is 4.24. The Hall–Kier alpha value is -2.08. The summed E-state index contributed by atoms with van der Waals surface area (Å²) in [6.45, 7) is 4.53. The molecule has 0 amide bonds. The fourth-order valence-corrected chi connectivity index (χ4v) is 2.87. The summed E-state index contributed by atoms with van der Waals surface area (Å²) in [5, 5.41) is 3.12. The highest BCUT2D eigenvalue weighted by molar-refractivity contribution is 7.92. The monoisotopic (exact) mass is 291 g/mol. The van der Waals surface area contributed by atoms with Crippen LogP contribution in [0.3, 0.4) is 0 Å². The minimum atomic E-state index is -3.59. The number of benzene rings is 1. The number of sulfonamides is 1. The lowest BCUT2D eigenvalue weighted by molar-refractivity contribution is 0.601. The van der Waals surface area contributed by atoms with Crippen LogP contribution in [0.25, 0.3) is 0 Å². The standard InChI is InChI=1S/C14H17N3O2S/c1-3-15-12-6-8-13(9-7-12)20(18,19)17-14-5-4-10-16-11(14)2/h4-10,15,17H,3H2,1-2H3. The van der Waals surface area contributed by atoms with Gasteiger partial charge in [-0.05, 0) is 50.2 Å². The van der Waals surface area contributed by atoms with Crippen LogP contribution in [0, 0.1) is 6.92 Å². The van der Waals surface area contributed by atoms with Crippen LogP contribution in [-0.2, 0) is 10.0 Å². The van der Waals surface area contributed by atoms with Crippen molar-refractivity contribution in [2.24, 2.45) is 0 Å². The fourth-order valence-electron chi connectivity index (χ4n) is 1.75. The van der Waals surface area contributed by atoms with Gasteiger partial charge >= 0.3 is 0 Å². The molecule has 0 fully saturated rings. The summed E-state index contributed by atoms with van der Waals surface area (Å²) < 4.78 is 27.1. The molecule has 1 heterocycles. The molecule has 20 heavy (non-hydrogen) atoms. The van der Waals surface area contributed by atoms with Gasteiger partial charge in [0.15, 0.2) is 0 Å². The summed E-state index contributed by atoms with van der Waals surface area (Å²) in [6.07, 6.45) is 1.62. The second-order valence-electron chi connectivity index (χ2n) is 4.30. The van der Waals surface area contributed by atoms with Gasteiger partial charge in [-0.25, -0.2) is 8.42 Å². The molecule has 2 rings (SSSR count). The second-order valence-corrected chi connectivity index (χ2v) is 5.98. The molecule has 0 saturated carbocycles. The van der Waals surface area contributed by atoms with E-state index in [2.05, 4.69) is 15.0 Å². The third kappa shape index (κ3) is 3.27. The van der Waals surface area contributed by atoms with Crippen LogP contribution >= 0.6 is 0 Å². The van der Waals surface area contributed by atoms with E-state index in [4.69, 9.17) is 0 Å². The predicted octanol–water partition coefficient (Wildman–Crippen LogP) is 2.62. The zero-order valence-electron chi connectivity index (χ0n) is 11.4. The van der Waals surface area contributed by atoms with Crippen LogP contribution < -0.4 is 10.0 Å². The maximum absolute atomic E-state index is 12.3. The average Bonchev–Trinajstić information content (AvgIpc) is 2.42. The van der Waals surface area contributed by atoms with Crippen molar-refractivity contribution in [1.82, 2.24) is 4.98 Å². The van der Waals surface area contributed by atoms with E-state index in [1.165, 1.54) is 0 Å². The van der Waals surface area contributed by atoms with Gasteiger partial charge in [-0.2, -0.15) is 0 Å². The van der Waals surface area contributed by atoms with Gasteiger partial charge in [-0.3, -0.25) is 9.71 Å². The van der Waals surface area contributed by atoms with Gasteiger partial charge in [0.1, 0.15) is 0 Å². The van der Waals surface area contributed by atoms with Gasteiger partial charge in [0.05, 0.1) is 16.3 Å². The van der Waals surface area contributed by atoms with E-state index < -0.39 is 10.0 Å². The lowest BCUT2D eigenvalue weighted by Crippen LogP contribution is -2.14. The Labute approximate surface area is 119 Å². The minimum Gasteiger partial charge on any atom is -0.385 e. The first-order valence-corrected chi connectivity index (χ1v) is 7.79. The molecule has 0 aliphatic carbocycles. The van der Waals surface area contributed by atoms with Crippen molar-refractivity contribution in [3.8, 4) is 0 Å². The normalized spacial score (nSPS) is 11.1. The Morgan fingerprint density at radius 2 is 1.85 bits per heavy atom. The predicted molar refractivity (Wildman–Crippen MR) is 80.4 cm³/mol. The van der Waals surface area contributed by atoms with Crippen molar-refractivity contribution in [2.75, 3.05) is 16.6 Å². The minimum absolute atomic E-state index is 0.224. The number of nitrogens with zero attached hydrogens (tertiary/aromatic N) is 1. The molecular formula is C14H17N3O2S. The third-order valence-corrected chi connectivity index (χ3v) is 4.18. The fraction of sp³-hybridized carbons (Fsp3) is 0.214.